The predicted molar refractivity (Wildman–Crippen MR) is 95.8 cm³/mol. The molecule has 2 aliphatic rings. The van der Waals surface area contributed by atoms with Crippen molar-refractivity contribution < 1.29 is 14.3 Å². The van der Waals surface area contributed by atoms with Crippen LogP contribution >= 0.6 is 12.4 Å². The van der Waals surface area contributed by atoms with Gasteiger partial charge in [0.1, 0.15) is 0 Å². The summed E-state index contributed by atoms with van der Waals surface area (Å²) in [4.78, 5) is 14.7. The van der Waals surface area contributed by atoms with Crippen molar-refractivity contribution in [2.24, 2.45) is 5.41 Å². The lowest BCUT2D eigenvalue weighted by Crippen LogP contribution is -2.41. The molecule has 1 unspecified atom stereocenters. The number of fused-ring (bicyclic) bond motifs is 1. The number of hydrogen-bond acceptors (Lipinski definition) is 4. The van der Waals surface area contributed by atoms with Crippen LogP contribution in [0.2, 0.25) is 0 Å². The summed E-state index contributed by atoms with van der Waals surface area (Å²) in [5, 5.41) is 3.11. The highest BCUT2D eigenvalue weighted by molar-refractivity contribution is 5.85. The number of rotatable bonds is 4. The SMILES string of the molecule is CC(C)(C)C(=O)NCC(c1ccc2c(c1)OCO2)N1CCCC1.Cl. The number of benzene rings is 1. The van der Waals surface area contributed by atoms with E-state index in [1.54, 1.807) is 0 Å². The molecule has 0 aromatic heterocycles. The molecule has 0 bridgehead atoms. The zero-order valence-electron chi connectivity index (χ0n) is 14.6. The Hall–Kier alpha value is -1.46. The lowest BCUT2D eigenvalue weighted by molar-refractivity contribution is -0.128. The normalized spacial score (nSPS) is 18.1. The molecule has 1 atom stereocenters. The molecule has 6 heteroatoms. The molecule has 24 heavy (non-hydrogen) atoms. The van der Waals surface area contributed by atoms with Crippen molar-refractivity contribution in [2.45, 2.75) is 39.7 Å². The molecule has 0 saturated carbocycles. The van der Waals surface area contributed by atoms with Crippen LogP contribution in [0.25, 0.3) is 0 Å². The molecule has 0 spiro atoms. The second kappa shape index (κ2) is 7.62. The zero-order valence-corrected chi connectivity index (χ0v) is 15.4. The van der Waals surface area contributed by atoms with Crippen LogP contribution in [0.1, 0.15) is 45.2 Å². The Kier molecular flexibility index (Phi) is 5.99. The van der Waals surface area contributed by atoms with Gasteiger partial charge in [-0.25, -0.2) is 0 Å². The number of nitrogens with zero attached hydrogens (tertiary/aromatic N) is 1. The van der Waals surface area contributed by atoms with Crippen LogP contribution in [0.3, 0.4) is 0 Å². The van der Waals surface area contributed by atoms with E-state index >= 15 is 0 Å². The summed E-state index contributed by atoms with van der Waals surface area (Å²) in [7, 11) is 0. The third-order valence-corrected chi connectivity index (χ3v) is 4.50. The van der Waals surface area contributed by atoms with Crippen molar-refractivity contribution in [3.05, 3.63) is 23.8 Å². The summed E-state index contributed by atoms with van der Waals surface area (Å²) < 4.78 is 10.9. The third-order valence-electron chi connectivity index (χ3n) is 4.50. The molecule has 1 N–H and O–H groups in total. The molecule has 2 heterocycles. The minimum absolute atomic E-state index is 0. The van der Waals surface area contributed by atoms with E-state index in [0.29, 0.717) is 6.54 Å². The van der Waals surface area contributed by atoms with Gasteiger partial charge in [0.15, 0.2) is 11.5 Å². The molecule has 3 rings (SSSR count). The van der Waals surface area contributed by atoms with Crippen LogP contribution < -0.4 is 14.8 Å². The summed E-state index contributed by atoms with van der Waals surface area (Å²) in [5.41, 5.74) is 0.801. The van der Waals surface area contributed by atoms with Gasteiger partial charge in [0.05, 0.1) is 6.04 Å². The maximum absolute atomic E-state index is 12.2. The largest absolute Gasteiger partial charge is 0.454 e. The van der Waals surface area contributed by atoms with E-state index in [1.807, 2.05) is 26.8 Å². The quantitative estimate of drug-likeness (QED) is 0.902. The molecule has 0 aliphatic carbocycles. The second-order valence-electron chi connectivity index (χ2n) is 7.33. The number of likely N-dealkylation sites (tertiary alicyclic amines) is 1. The Morgan fingerprint density at radius 3 is 2.54 bits per heavy atom. The van der Waals surface area contributed by atoms with Gasteiger partial charge in [0.2, 0.25) is 12.7 Å². The third kappa shape index (κ3) is 4.14. The molecule has 1 saturated heterocycles. The number of halogens is 1. The topological polar surface area (TPSA) is 50.8 Å². The van der Waals surface area contributed by atoms with E-state index in [2.05, 4.69) is 22.3 Å². The fraction of sp³-hybridized carbons (Fsp3) is 0.611. The van der Waals surface area contributed by atoms with E-state index in [1.165, 1.54) is 18.4 Å². The summed E-state index contributed by atoms with van der Waals surface area (Å²) in [6.45, 7) is 8.87. The molecule has 1 aromatic carbocycles. The number of nitrogens with one attached hydrogen (secondary N) is 1. The van der Waals surface area contributed by atoms with Crippen molar-refractivity contribution in [3.8, 4) is 11.5 Å². The van der Waals surface area contributed by atoms with Crippen molar-refractivity contribution in [1.82, 2.24) is 10.2 Å². The highest BCUT2D eigenvalue weighted by Crippen LogP contribution is 2.36. The maximum Gasteiger partial charge on any atom is 0.231 e. The number of carbonyl (C=O) groups is 1. The lowest BCUT2D eigenvalue weighted by atomic mass is 9.95. The summed E-state index contributed by atoms with van der Waals surface area (Å²) in [6.07, 6.45) is 2.43. The van der Waals surface area contributed by atoms with E-state index in [4.69, 9.17) is 9.47 Å². The fourth-order valence-electron chi connectivity index (χ4n) is 3.09. The molecule has 5 nitrogen and oxygen atoms in total. The van der Waals surface area contributed by atoms with Crippen molar-refractivity contribution in [2.75, 3.05) is 26.4 Å². The van der Waals surface area contributed by atoms with E-state index in [-0.39, 0.29) is 36.6 Å². The minimum atomic E-state index is -0.371. The fourth-order valence-corrected chi connectivity index (χ4v) is 3.09. The summed E-state index contributed by atoms with van der Waals surface area (Å²) in [5.74, 6) is 1.68. The monoisotopic (exact) mass is 354 g/mol. The predicted octanol–water partition coefficient (Wildman–Crippen LogP) is 3.14. The van der Waals surface area contributed by atoms with Crippen LogP contribution in [-0.4, -0.2) is 37.2 Å². The average molecular weight is 355 g/mol. The van der Waals surface area contributed by atoms with Gasteiger partial charge < -0.3 is 14.8 Å². The minimum Gasteiger partial charge on any atom is -0.454 e. The highest BCUT2D eigenvalue weighted by Gasteiger charge is 2.28. The van der Waals surface area contributed by atoms with Crippen molar-refractivity contribution in [1.29, 1.82) is 0 Å². The van der Waals surface area contributed by atoms with Crippen LogP contribution in [0.15, 0.2) is 18.2 Å². The van der Waals surface area contributed by atoms with Gasteiger partial charge in [-0.05, 0) is 43.6 Å². The smallest absolute Gasteiger partial charge is 0.231 e. The number of carbonyl (C=O) groups excluding carboxylic acids is 1. The van der Waals surface area contributed by atoms with Gasteiger partial charge in [-0.2, -0.15) is 0 Å². The maximum atomic E-state index is 12.2. The van der Waals surface area contributed by atoms with Gasteiger partial charge in [-0.15, -0.1) is 12.4 Å². The van der Waals surface area contributed by atoms with Crippen LogP contribution in [0.4, 0.5) is 0 Å². The first kappa shape index (κ1) is 18.9. The van der Waals surface area contributed by atoms with Gasteiger partial charge in [-0.1, -0.05) is 26.8 Å². The van der Waals surface area contributed by atoms with Gasteiger partial charge >= 0.3 is 0 Å². The standard InChI is InChI=1S/C18H26N2O3.ClH/c1-18(2,3)17(21)19-11-14(20-8-4-5-9-20)13-6-7-15-16(10-13)23-12-22-15;/h6-7,10,14H,4-5,8-9,11-12H2,1-3H3,(H,19,21);1H. The molecule has 134 valence electrons. The van der Waals surface area contributed by atoms with Gasteiger partial charge in [0, 0.05) is 12.0 Å². The van der Waals surface area contributed by atoms with E-state index < -0.39 is 0 Å². The first-order valence-electron chi connectivity index (χ1n) is 8.37. The molecule has 0 radical (unpaired) electrons. The number of hydrogen-bond donors (Lipinski definition) is 1. The highest BCUT2D eigenvalue weighted by atomic mass is 35.5. The number of amides is 1. The van der Waals surface area contributed by atoms with Crippen molar-refractivity contribution in [3.63, 3.8) is 0 Å². The molecule has 1 amide bonds. The first-order chi connectivity index (χ1) is 10.9. The molecule has 1 fully saturated rings. The lowest BCUT2D eigenvalue weighted by Gasteiger charge is -2.29. The molecular weight excluding hydrogens is 328 g/mol. The zero-order chi connectivity index (χ0) is 16.4. The van der Waals surface area contributed by atoms with Crippen LogP contribution in [0, 0.1) is 5.41 Å². The molecule has 1 aromatic rings. The van der Waals surface area contributed by atoms with Crippen LogP contribution in [0.5, 0.6) is 11.5 Å². The van der Waals surface area contributed by atoms with E-state index in [9.17, 15) is 4.79 Å². The van der Waals surface area contributed by atoms with E-state index in [0.717, 1.165) is 24.6 Å². The second-order valence-corrected chi connectivity index (χ2v) is 7.33. The molecular formula is C18H27ClN2O3. The Morgan fingerprint density at radius 2 is 1.88 bits per heavy atom. The molecule has 2 aliphatic heterocycles. The Morgan fingerprint density at radius 1 is 1.21 bits per heavy atom. The Bertz CT molecular complexity index is 580. The van der Waals surface area contributed by atoms with Crippen molar-refractivity contribution >= 4 is 18.3 Å². The number of ether oxygens (including phenoxy) is 2. The summed E-state index contributed by atoms with van der Waals surface area (Å²) >= 11 is 0. The average Bonchev–Trinajstić information content (AvgIpc) is 3.17. The Labute approximate surface area is 150 Å². The Balaban J connectivity index is 0.00000208. The first-order valence-corrected chi connectivity index (χ1v) is 8.37. The summed E-state index contributed by atoms with van der Waals surface area (Å²) in [6, 6.07) is 6.28. The van der Waals surface area contributed by atoms with Gasteiger partial charge in [-0.3, -0.25) is 9.69 Å². The van der Waals surface area contributed by atoms with Gasteiger partial charge in [0.25, 0.3) is 0 Å². The van der Waals surface area contributed by atoms with Crippen LogP contribution in [-0.2, 0) is 4.79 Å².